The van der Waals surface area contributed by atoms with E-state index < -0.39 is 60.1 Å². The van der Waals surface area contributed by atoms with Crippen molar-refractivity contribution in [3.05, 3.63) is 0 Å². The fourth-order valence-corrected chi connectivity index (χ4v) is 2.55. The molecule has 0 aliphatic heterocycles. The van der Waals surface area contributed by atoms with Crippen molar-refractivity contribution in [2.45, 2.75) is 65.1 Å². The molecule has 0 saturated heterocycles. The maximum absolute atomic E-state index is 12.6. The number of hydrogen-bond acceptors (Lipinski definition) is 6. The monoisotopic (exact) mass is 416 g/mol. The lowest BCUT2D eigenvalue weighted by atomic mass is 9.98. The van der Waals surface area contributed by atoms with Gasteiger partial charge in [0.15, 0.2) is 0 Å². The van der Waals surface area contributed by atoms with Crippen molar-refractivity contribution in [1.82, 2.24) is 16.0 Å². The van der Waals surface area contributed by atoms with E-state index in [1.807, 2.05) is 13.8 Å². The molecule has 4 unspecified atom stereocenters. The Balaban J connectivity index is 5.44. The van der Waals surface area contributed by atoms with Gasteiger partial charge >= 0.3 is 11.9 Å². The molecule has 0 aliphatic carbocycles. The number of carboxylic acid groups (broad SMARTS) is 2. The molecule has 0 heterocycles. The van der Waals surface area contributed by atoms with Crippen LogP contribution in [0.15, 0.2) is 0 Å². The summed E-state index contributed by atoms with van der Waals surface area (Å²) < 4.78 is 0. The summed E-state index contributed by atoms with van der Waals surface area (Å²) >= 11 is 0. The highest BCUT2D eigenvalue weighted by molar-refractivity contribution is 5.95. The normalized spacial score (nSPS) is 15.0. The molecule has 0 saturated carbocycles. The van der Waals surface area contributed by atoms with Gasteiger partial charge < -0.3 is 31.9 Å². The van der Waals surface area contributed by atoms with Crippen LogP contribution in [0, 0.1) is 11.8 Å². The Morgan fingerprint density at radius 2 is 1.45 bits per heavy atom. The SMILES string of the molecule is CCC(C)C(NC(=O)C(CC(=O)O)NC(=O)C(CC(C)C)NC(=O)CN)C(=O)O. The minimum atomic E-state index is -1.50. The fraction of sp³-hybridized carbons (Fsp3) is 0.722. The van der Waals surface area contributed by atoms with Gasteiger partial charge in [-0.05, 0) is 18.3 Å². The van der Waals surface area contributed by atoms with E-state index in [1.165, 1.54) is 0 Å². The number of aliphatic carboxylic acids is 2. The number of amides is 3. The first-order valence-corrected chi connectivity index (χ1v) is 9.47. The summed E-state index contributed by atoms with van der Waals surface area (Å²) in [4.78, 5) is 59.2. The summed E-state index contributed by atoms with van der Waals surface area (Å²) in [6.45, 7) is 6.68. The van der Waals surface area contributed by atoms with Crippen molar-refractivity contribution in [3.8, 4) is 0 Å². The van der Waals surface area contributed by atoms with E-state index in [0.717, 1.165) is 0 Å². The molecule has 0 aromatic rings. The molecule has 0 bridgehead atoms. The van der Waals surface area contributed by atoms with Gasteiger partial charge in [0.25, 0.3) is 0 Å². The summed E-state index contributed by atoms with van der Waals surface area (Å²) in [7, 11) is 0. The second-order valence-electron chi connectivity index (χ2n) is 7.32. The van der Waals surface area contributed by atoms with Crippen LogP contribution in [0.1, 0.15) is 47.0 Å². The van der Waals surface area contributed by atoms with Crippen molar-refractivity contribution in [3.63, 3.8) is 0 Å². The maximum Gasteiger partial charge on any atom is 0.326 e. The average Bonchev–Trinajstić information content (AvgIpc) is 2.62. The molecule has 0 aromatic carbocycles. The van der Waals surface area contributed by atoms with Crippen LogP contribution in [0.25, 0.3) is 0 Å². The van der Waals surface area contributed by atoms with Gasteiger partial charge in [-0.3, -0.25) is 19.2 Å². The number of carbonyl (C=O) groups is 5. The first kappa shape index (κ1) is 26.3. The second-order valence-corrected chi connectivity index (χ2v) is 7.32. The van der Waals surface area contributed by atoms with E-state index in [9.17, 15) is 29.1 Å². The molecule has 0 spiro atoms. The van der Waals surface area contributed by atoms with Crippen LogP contribution in [0.4, 0.5) is 0 Å². The maximum atomic E-state index is 12.6. The number of nitrogens with one attached hydrogen (secondary N) is 3. The van der Waals surface area contributed by atoms with E-state index in [2.05, 4.69) is 16.0 Å². The van der Waals surface area contributed by atoms with Crippen molar-refractivity contribution >= 4 is 29.7 Å². The van der Waals surface area contributed by atoms with Gasteiger partial charge in [-0.25, -0.2) is 4.79 Å². The molecule has 11 heteroatoms. The molecule has 7 N–H and O–H groups in total. The van der Waals surface area contributed by atoms with Gasteiger partial charge in [0, 0.05) is 0 Å². The fourth-order valence-electron chi connectivity index (χ4n) is 2.55. The number of carboxylic acids is 2. The van der Waals surface area contributed by atoms with E-state index in [0.29, 0.717) is 6.42 Å². The molecule has 0 fully saturated rings. The van der Waals surface area contributed by atoms with Gasteiger partial charge in [0.2, 0.25) is 17.7 Å². The van der Waals surface area contributed by atoms with Crippen LogP contribution >= 0.6 is 0 Å². The highest BCUT2D eigenvalue weighted by atomic mass is 16.4. The Morgan fingerprint density at radius 1 is 0.897 bits per heavy atom. The Kier molecular flexibility index (Phi) is 11.5. The van der Waals surface area contributed by atoms with Crippen LogP contribution in [0.3, 0.4) is 0 Å². The van der Waals surface area contributed by atoms with Gasteiger partial charge in [0.1, 0.15) is 18.1 Å². The zero-order valence-corrected chi connectivity index (χ0v) is 17.2. The molecule has 29 heavy (non-hydrogen) atoms. The van der Waals surface area contributed by atoms with Crippen molar-refractivity contribution in [1.29, 1.82) is 0 Å². The van der Waals surface area contributed by atoms with E-state index >= 15 is 0 Å². The van der Waals surface area contributed by atoms with E-state index in [4.69, 9.17) is 10.8 Å². The number of rotatable bonds is 13. The molecular formula is C18H32N4O7. The number of carbonyl (C=O) groups excluding carboxylic acids is 3. The van der Waals surface area contributed by atoms with Crippen LogP contribution in [0.2, 0.25) is 0 Å². The average molecular weight is 416 g/mol. The molecular weight excluding hydrogens is 384 g/mol. The molecule has 4 atom stereocenters. The van der Waals surface area contributed by atoms with Crippen molar-refractivity contribution in [2.75, 3.05) is 6.54 Å². The standard InChI is InChI=1S/C18H32N4O7/c1-5-10(4)15(18(28)29)22-17(27)12(7-14(24)25)21-16(26)11(6-9(2)3)20-13(23)8-19/h9-12,15H,5-8,19H2,1-4H3,(H,20,23)(H,21,26)(H,22,27)(H,24,25)(H,28,29). The van der Waals surface area contributed by atoms with Gasteiger partial charge in [-0.2, -0.15) is 0 Å². The third-order valence-corrected chi connectivity index (χ3v) is 4.33. The van der Waals surface area contributed by atoms with Gasteiger partial charge in [-0.15, -0.1) is 0 Å². The predicted molar refractivity (Wildman–Crippen MR) is 104 cm³/mol. The Labute approximate surface area is 169 Å². The highest BCUT2D eigenvalue weighted by Crippen LogP contribution is 2.10. The summed E-state index contributed by atoms with van der Waals surface area (Å²) in [5.41, 5.74) is 5.25. The zero-order chi connectivity index (χ0) is 22.7. The molecule has 11 nitrogen and oxygen atoms in total. The lowest BCUT2D eigenvalue weighted by Crippen LogP contribution is -2.57. The quantitative estimate of drug-likeness (QED) is 0.221. The molecule has 0 rings (SSSR count). The highest BCUT2D eigenvalue weighted by Gasteiger charge is 2.32. The number of nitrogens with two attached hydrogens (primary N) is 1. The molecule has 0 radical (unpaired) electrons. The Morgan fingerprint density at radius 3 is 1.86 bits per heavy atom. The summed E-state index contributed by atoms with van der Waals surface area (Å²) in [6, 6.07) is -3.75. The molecule has 0 aromatic heterocycles. The minimum absolute atomic E-state index is 0.0115. The van der Waals surface area contributed by atoms with Crippen molar-refractivity contribution in [2.24, 2.45) is 17.6 Å². The van der Waals surface area contributed by atoms with Gasteiger partial charge in [0.05, 0.1) is 13.0 Å². The molecule has 166 valence electrons. The lowest BCUT2D eigenvalue weighted by molar-refractivity contribution is -0.144. The lowest BCUT2D eigenvalue weighted by Gasteiger charge is -2.26. The molecule has 0 aliphatic rings. The third-order valence-electron chi connectivity index (χ3n) is 4.33. The van der Waals surface area contributed by atoms with Crippen molar-refractivity contribution < 1.29 is 34.2 Å². The topological polar surface area (TPSA) is 188 Å². The van der Waals surface area contributed by atoms with Crippen LogP contribution < -0.4 is 21.7 Å². The Bertz CT molecular complexity index is 609. The van der Waals surface area contributed by atoms with E-state index in [1.54, 1.807) is 13.8 Å². The largest absolute Gasteiger partial charge is 0.481 e. The summed E-state index contributed by atoms with van der Waals surface area (Å²) in [5.74, 6) is -5.27. The summed E-state index contributed by atoms with van der Waals surface area (Å²) in [6.07, 6.45) is -0.0396. The third kappa shape index (κ3) is 9.88. The van der Waals surface area contributed by atoms with E-state index in [-0.39, 0.29) is 18.9 Å². The summed E-state index contributed by atoms with van der Waals surface area (Å²) in [5, 5.41) is 25.4. The second kappa shape index (κ2) is 12.7. The minimum Gasteiger partial charge on any atom is -0.481 e. The van der Waals surface area contributed by atoms with Crippen LogP contribution in [-0.4, -0.2) is 64.5 Å². The number of hydrogen-bond donors (Lipinski definition) is 6. The molecule has 3 amide bonds. The van der Waals surface area contributed by atoms with Crippen LogP contribution in [-0.2, 0) is 24.0 Å². The van der Waals surface area contributed by atoms with Crippen LogP contribution in [0.5, 0.6) is 0 Å². The van der Waals surface area contributed by atoms with Gasteiger partial charge in [-0.1, -0.05) is 34.1 Å². The zero-order valence-electron chi connectivity index (χ0n) is 17.2. The smallest absolute Gasteiger partial charge is 0.326 e. The first-order chi connectivity index (χ1) is 13.4. The first-order valence-electron chi connectivity index (χ1n) is 9.47. The predicted octanol–water partition coefficient (Wildman–Crippen LogP) is -0.949. The Hall–Kier alpha value is -2.69.